The number of thioether (sulfide) groups is 1. The van der Waals surface area contributed by atoms with Crippen LogP contribution in [0.15, 0.2) is 0 Å². The molecule has 0 aromatic rings. The molecule has 0 saturated heterocycles. The van der Waals surface area contributed by atoms with Crippen molar-refractivity contribution >= 4 is 20.1 Å². The largest absolute Gasteiger partial charge is 0.403 e. The van der Waals surface area contributed by atoms with Crippen molar-refractivity contribution < 1.29 is 4.43 Å². The van der Waals surface area contributed by atoms with Crippen LogP contribution >= 0.6 is 11.8 Å². The molecule has 2 atom stereocenters. The average molecular weight is 274 g/mol. The van der Waals surface area contributed by atoms with Crippen molar-refractivity contribution in [3.63, 3.8) is 0 Å². The molecule has 0 amide bonds. The molecule has 3 heteroatoms. The van der Waals surface area contributed by atoms with Crippen molar-refractivity contribution in [1.29, 1.82) is 0 Å². The first-order valence-electron chi connectivity index (χ1n) is 6.80. The molecular weight excluding hydrogens is 244 g/mol. The van der Waals surface area contributed by atoms with Gasteiger partial charge in [-0.25, -0.2) is 0 Å². The molecule has 1 fully saturated rings. The molecule has 1 rings (SSSR count). The van der Waals surface area contributed by atoms with Crippen molar-refractivity contribution in [2.75, 3.05) is 6.26 Å². The van der Waals surface area contributed by atoms with Gasteiger partial charge in [0.2, 0.25) is 0 Å². The van der Waals surface area contributed by atoms with Gasteiger partial charge in [-0.3, -0.25) is 0 Å². The van der Waals surface area contributed by atoms with Crippen molar-refractivity contribution in [3.8, 4) is 0 Å². The lowest BCUT2D eigenvalue weighted by molar-refractivity contribution is 0.000896. The Bertz CT molecular complexity index is 237. The molecule has 17 heavy (non-hydrogen) atoms. The molecule has 0 spiro atoms. The van der Waals surface area contributed by atoms with E-state index in [4.69, 9.17) is 4.43 Å². The summed E-state index contributed by atoms with van der Waals surface area (Å²) in [6.45, 7) is 13.9. The van der Waals surface area contributed by atoms with Crippen LogP contribution < -0.4 is 0 Å². The lowest BCUT2D eigenvalue weighted by Gasteiger charge is -2.51. The van der Waals surface area contributed by atoms with Gasteiger partial charge in [-0.1, -0.05) is 20.8 Å². The zero-order valence-electron chi connectivity index (χ0n) is 12.5. The van der Waals surface area contributed by atoms with E-state index in [-0.39, 0.29) is 4.93 Å². The first-order valence-corrected chi connectivity index (χ1v) is 11.4. The van der Waals surface area contributed by atoms with Gasteiger partial charge in [0.15, 0.2) is 8.32 Å². The topological polar surface area (TPSA) is 9.23 Å². The van der Waals surface area contributed by atoms with Crippen molar-refractivity contribution in [1.82, 2.24) is 0 Å². The fraction of sp³-hybridized carbons (Fsp3) is 0.929. The van der Waals surface area contributed by atoms with Crippen LogP contribution in [-0.2, 0) is 4.43 Å². The highest BCUT2D eigenvalue weighted by Crippen LogP contribution is 2.51. The molecule has 0 heterocycles. The Kier molecular flexibility index (Phi) is 5.19. The summed E-state index contributed by atoms with van der Waals surface area (Å²) in [7, 11) is -1.48. The molecule has 0 aromatic carbocycles. The predicted octanol–water partition coefficient (Wildman–Crippen LogP) is 4.80. The minimum absolute atomic E-state index is 0.0595. The maximum atomic E-state index is 6.62. The Hall–Kier alpha value is 0.527. The molecule has 1 aliphatic carbocycles. The van der Waals surface area contributed by atoms with Crippen LogP contribution in [0.25, 0.3) is 0 Å². The van der Waals surface area contributed by atoms with E-state index >= 15 is 0 Å². The minimum Gasteiger partial charge on any atom is -0.403 e. The molecule has 0 aromatic heterocycles. The highest BCUT2D eigenvalue weighted by Gasteiger charge is 2.48. The summed E-state index contributed by atoms with van der Waals surface area (Å²) in [5, 5.41) is 0. The lowest BCUT2D eigenvalue weighted by Crippen LogP contribution is -2.52. The second-order valence-corrected chi connectivity index (χ2v) is 12.0. The Labute approximate surface area is 113 Å². The zero-order chi connectivity index (χ0) is 13.3. The van der Waals surface area contributed by atoms with E-state index in [0.29, 0.717) is 11.8 Å². The van der Waals surface area contributed by atoms with Gasteiger partial charge in [0, 0.05) is 0 Å². The molecule has 0 N–H and O–H groups in total. The van der Waals surface area contributed by atoms with Gasteiger partial charge in [0.25, 0.3) is 0 Å². The van der Waals surface area contributed by atoms with Crippen LogP contribution in [0.5, 0.6) is 0 Å². The van der Waals surface area contributed by atoms with Crippen molar-refractivity contribution in [3.05, 3.63) is 6.42 Å². The Morgan fingerprint density at radius 1 is 1.18 bits per heavy atom. The number of rotatable bonds is 4. The van der Waals surface area contributed by atoms with Gasteiger partial charge < -0.3 is 4.43 Å². The quantitative estimate of drug-likeness (QED) is 0.537. The summed E-state index contributed by atoms with van der Waals surface area (Å²) in [5.74, 6) is 2.08. The zero-order valence-corrected chi connectivity index (χ0v) is 14.4. The van der Waals surface area contributed by atoms with Gasteiger partial charge in [0.05, 0.1) is 0 Å². The average Bonchev–Trinajstić information content (AvgIpc) is 2.21. The van der Waals surface area contributed by atoms with E-state index in [9.17, 15) is 0 Å². The van der Waals surface area contributed by atoms with Crippen molar-refractivity contribution in [2.45, 2.75) is 58.2 Å². The number of hydrogen-bond acceptors (Lipinski definition) is 2. The molecule has 0 aliphatic heterocycles. The monoisotopic (exact) mass is 273 g/mol. The molecule has 0 bridgehead atoms. The smallest absolute Gasteiger partial charge is 0.185 e. The third-order valence-electron chi connectivity index (χ3n) is 3.94. The molecule has 1 aliphatic rings. The molecular formula is C14H29OSSi. The van der Waals surface area contributed by atoms with Gasteiger partial charge in [-0.2, -0.15) is 0 Å². The lowest BCUT2D eigenvalue weighted by atomic mass is 9.73. The van der Waals surface area contributed by atoms with Gasteiger partial charge in [-0.15, -0.1) is 11.8 Å². The van der Waals surface area contributed by atoms with Crippen LogP contribution in [0.4, 0.5) is 0 Å². The number of hydrogen-bond donors (Lipinski definition) is 0. The first kappa shape index (κ1) is 15.6. The Morgan fingerprint density at radius 3 is 1.94 bits per heavy atom. The van der Waals surface area contributed by atoms with E-state index in [1.54, 1.807) is 0 Å². The standard InChI is InChI=1S/C14H29OSSi/c1-8-13-9-11(2)14(16-4,12(3)10-13)15-17(5,6)7/h8,11-13H,9-10H2,1-7H3. The van der Waals surface area contributed by atoms with E-state index in [1.165, 1.54) is 12.8 Å². The Balaban J connectivity index is 2.90. The predicted molar refractivity (Wildman–Crippen MR) is 81.7 cm³/mol. The third-order valence-corrected chi connectivity index (χ3v) is 6.57. The third kappa shape index (κ3) is 3.51. The van der Waals surface area contributed by atoms with Gasteiger partial charge >= 0.3 is 0 Å². The van der Waals surface area contributed by atoms with E-state index in [2.05, 4.69) is 53.1 Å². The fourth-order valence-electron chi connectivity index (χ4n) is 3.21. The van der Waals surface area contributed by atoms with Crippen LogP contribution in [0.3, 0.4) is 0 Å². The maximum absolute atomic E-state index is 6.62. The van der Waals surface area contributed by atoms with E-state index in [0.717, 1.165) is 5.92 Å². The van der Waals surface area contributed by atoms with Crippen LogP contribution in [-0.4, -0.2) is 19.5 Å². The summed E-state index contributed by atoms with van der Waals surface area (Å²) in [4.78, 5) is 0.0595. The molecule has 1 radical (unpaired) electrons. The highest BCUT2D eigenvalue weighted by atomic mass is 32.2. The second kappa shape index (κ2) is 5.66. The fourth-order valence-corrected chi connectivity index (χ4v) is 6.65. The Morgan fingerprint density at radius 2 is 1.65 bits per heavy atom. The maximum Gasteiger partial charge on any atom is 0.185 e. The molecule has 1 nitrogen and oxygen atoms in total. The SMILES string of the molecule is C[CH]C1CC(C)C(O[Si](C)(C)C)(SC)C(C)C1. The van der Waals surface area contributed by atoms with Crippen molar-refractivity contribution in [2.24, 2.45) is 17.8 Å². The summed E-state index contributed by atoms with van der Waals surface area (Å²) in [6.07, 6.45) is 7.17. The van der Waals surface area contributed by atoms with Crippen LogP contribution in [0.2, 0.25) is 19.6 Å². The van der Waals surface area contributed by atoms with Crippen LogP contribution in [0.1, 0.15) is 33.6 Å². The molecule has 101 valence electrons. The van der Waals surface area contributed by atoms with E-state index < -0.39 is 8.32 Å². The minimum atomic E-state index is -1.48. The summed E-state index contributed by atoms with van der Waals surface area (Å²) in [6, 6.07) is 0. The summed E-state index contributed by atoms with van der Waals surface area (Å²) < 4.78 is 6.62. The molecule has 2 unspecified atom stereocenters. The van der Waals surface area contributed by atoms with Crippen LogP contribution in [0, 0.1) is 24.2 Å². The summed E-state index contributed by atoms with van der Waals surface area (Å²) in [5.41, 5.74) is 0. The summed E-state index contributed by atoms with van der Waals surface area (Å²) >= 11 is 1.95. The molecule has 1 saturated carbocycles. The normalized spacial score (nSPS) is 39.4. The first-order chi connectivity index (χ1) is 7.75. The second-order valence-electron chi connectivity index (χ2n) is 6.51. The van der Waals surface area contributed by atoms with Gasteiger partial charge in [0.1, 0.15) is 4.93 Å². The van der Waals surface area contributed by atoms with Gasteiger partial charge in [-0.05, 0) is 62.9 Å². The van der Waals surface area contributed by atoms with E-state index in [1.807, 2.05) is 11.8 Å². The highest BCUT2D eigenvalue weighted by molar-refractivity contribution is 7.99.